The Morgan fingerprint density at radius 2 is 1.79 bits per heavy atom. The predicted octanol–water partition coefficient (Wildman–Crippen LogP) is 4.75. The Kier molecular flexibility index (Phi) is 5.64. The van der Waals surface area contributed by atoms with Crippen LogP contribution in [0.15, 0.2) is 48.5 Å². The van der Waals surface area contributed by atoms with Gasteiger partial charge in [0, 0.05) is 29.6 Å². The summed E-state index contributed by atoms with van der Waals surface area (Å²) in [7, 11) is 0. The van der Waals surface area contributed by atoms with Crippen molar-refractivity contribution < 1.29 is 9.59 Å². The molecular weight excluding hydrogens is 384 g/mol. The molecule has 152 valence electrons. The minimum Gasteiger partial charge on any atom is -0.351 e. The number of halogens is 1. The van der Waals surface area contributed by atoms with E-state index in [0.717, 1.165) is 36.8 Å². The van der Waals surface area contributed by atoms with Crippen LogP contribution in [0.3, 0.4) is 0 Å². The Morgan fingerprint density at radius 3 is 2.52 bits per heavy atom. The molecule has 2 aliphatic rings. The van der Waals surface area contributed by atoms with Gasteiger partial charge in [-0.1, -0.05) is 61.2 Å². The Bertz CT molecular complexity index is 905. The van der Waals surface area contributed by atoms with Crippen LogP contribution < -0.4 is 5.32 Å². The normalized spacial score (nSPS) is 22.3. The van der Waals surface area contributed by atoms with Gasteiger partial charge in [0.25, 0.3) is 5.91 Å². The molecule has 2 aromatic rings. The van der Waals surface area contributed by atoms with Crippen LogP contribution in [-0.2, 0) is 17.8 Å². The maximum atomic E-state index is 13.5. The van der Waals surface area contributed by atoms with Crippen molar-refractivity contribution in [1.82, 2.24) is 10.2 Å². The molecule has 1 saturated carbocycles. The van der Waals surface area contributed by atoms with Crippen molar-refractivity contribution in [2.45, 2.75) is 63.6 Å². The van der Waals surface area contributed by atoms with Gasteiger partial charge in [0.15, 0.2) is 0 Å². The van der Waals surface area contributed by atoms with Crippen LogP contribution in [0, 0.1) is 0 Å². The van der Waals surface area contributed by atoms with E-state index < -0.39 is 5.54 Å². The summed E-state index contributed by atoms with van der Waals surface area (Å²) in [6.07, 6.45) is 6.09. The first-order chi connectivity index (χ1) is 14.0. The zero-order valence-corrected chi connectivity index (χ0v) is 17.5. The number of hydrogen-bond donors (Lipinski definition) is 1. The minimum atomic E-state index is -0.928. The van der Waals surface area contributed by atoms with E-state index in [9.17, 15) is 9.59 Å². The molecule has 5 heteroatoms. The molecule has 1 atom stereocenters. The van der Waals surface area contributed by atoms with Crippen molar-refractivity contribution in [3.05, 3.63) is 70.2 Å². The van der Waals surface area contributed by atoms with E-state index in [1.165, 1.54) is 6.42 Å². The maximum Gasteiger partial charge on any atom is 0.255 e. The fourth-order valence-electron chi connectivity index (χ4n) is 4.53. The van der Waals surface area contributed by atoms with Crippen molar-refractivity contribution in [2.24, 2.45) is 0 Å². The quantitative estimate of drug-likeness (QED) is 0.790. The number of carbonyl (C=O) groups excluding carboxylic acids is 2. The number of hydrogen-bond acceptors (Lipinski definition) is 2. The lowest BCUT2D eigenvalue weighted by Crippen LogP contribution is -2.63. The summed E-state index contributed by atoms with van der Waals surface area (Å²) >= 11 is 6.02. The number of rotatable bonds is 4. The molecule has 2 amide bonds. The molecule has 1 aliphatic heterocycles. The monoisotopic (exact) mass is 410 g/mol. The third-order valence-electron chi connectivity index (χ3n) is 6.31. The van der Waals surface area contributed by atoms with E-state index in [-0.39, 0.29) is 17.9 Å². The highest BCUT2D eigenvalue weighted by Crippen LogP contribution is 2.33. The minimum absolute atomic E-state index is 0.0544. The van der Waals surface area contributed by atoms with E-state index in [1.807, 2.05) is 55.5 Å². The van der Waals surface area contributed by atoms with Crippen LogP contribution in [0.2, 0.25) is 5.02 Å². The largest absolute Gasteiger partial charge is 0.351 e. The van der Waals surface area contributed by atoms with Gasteiger partial charge in [-0.15, -0.1) is 0 Å². The molecular formula is C24H27ClN2O2. The van der Waals surface area contributed by atoms with Gasteiger partial charge in [0.1, 0.15) is 5.54 Å². The standard InChI is InChI=1S/C24H27ClN2O2/c1-24(23(29)26-20-8-3-2-4-9-20)15-18-7-5-6-10-21(18)22(28)27(24)16-17-11-13-19(25)14-12-17/h5-7,10-14,20H,2-4,8-9,15-16H2,1H3,(H,26,29)/t24-/m1/s1. The molecule has 0 bridgehead atoms. The highest BCUT2D eigenvalue weighted by Gasteiger charge is 2.47. The number of benzene rings is 2. The molecule has 1 N–H and O–H groups in total. The third-order valence-corrected chi connectivity index (χ3v) is 6.56. The summed E-state index contributed by atoms with van der Waals surface area (Å²) in [5.74, 6) is -0.149. The first-order valence-electron chi connectivity index (χ1n) is 10.4. The number of carbonyl (C=O) groups is 2. The number of nitrogens with one attached hydrogen (secondary N) is 1. The third kappa shape index (κ3) is 4.04. The lowest BCUT2D eigenvalue weighted by Gasteiger charge is -2.45. The maximum absolute atomic E-state index is 13.5. The van der Waals surface area contributed by atoms with E-state index >= 15 is 0 Å². The number of nitrogens with zero attached hydrogens (tertiary/aromatic N) is 1. The van der Waals surface area contributed by atoms with Gasteiger partial charge >= 0.3 is 0 Å². The molecule has 1 heterocycles. The molecule has 2 aromatic carbocycles. The van der Waals surface area contributed by atoms with Gasteiger partial charge in [-0.2, -0.15) is 0 Å². The Morgan fingerprint density at radius 1 is 1.10 bits per heavy atom. The molecule has 1 aliphatic carbocycles. The molecule has 4 nitrogen and oxygen atoms in total. The van der Waals surface area contributed by atoms with Crippen molar-refractivity contribution >= 4 is 23.4 Å². The smallest absolute Gasteiger partial charge is 0.255 e. The number of fused-ring (bicyclic) bond motifs is 1. The first kappa shape index (κ1) is 20.0. The highest BCUT2D eigenvalue weighted by atomic mass is 35.5. The second-order valence-corrected chi connectivity index (χ2v) is 8.87. The molecule has 0 spiro atoms. The predicted molar refractivity (Wildman–Crippen MR) is 115 cm³/mol. The van der Waals surface area contributed by atoms with Gasteiger partial charge in [0.2, 0.25) is 5.91 Å². The second kappa shape index (κ2) is 8.19. The SMILES string of the molecule is C[C@]1(C(=O)NC2CCCCC2)Cc2ccccc2C(=O)N1Cc1ccc(Cl)cc1. The fraction of sp³-hybridized carbons (Fsp3) is 0.417. The average molecular weight is 411 g/mol. The van der Waals surface area contributed by atoms with Crippen molar-refractivity contribution in [2.75, 3.05) is 0 Å². The van der Waals surface area contributed by atoms with Crippen molar-refractivity contribution in [3.63, 3.8) is 0 Å². The van der Waals surface area contributed by atoms with Crippen LogP contribution in [0.25, 0.3) is 0 Å². The van der Waals surface area contributed by atoms with E-state index in [4.69, 9.17) is 11.6 Å². The summed E-state index contributed by atoms with van der Waals surface area (Å²) in [6.45, 7) is 2.27. The molecule has 29 heavy (non-hydrogen) atoms. The van der Waals surface area contributed by atoms with Crippen molar-refractivity contribution in [3.8, 4) is 0 Å². The summed E-state index contributed by atoms with van der Waals surface area (Å²) in [5.41, 5.74) is 1.65. The molecule has 1 fully saturated rings. The zero-order valence-electron chi connectivity index (χ0n) is 16.8. The summed E-state index contributed by atoms with van der Waals surface area (Å²) in [5, 5.41) is 3.91. The Labute approximate surface area is 177 Å². The molecule has 4 rings (SSSR count). The number of amides is 2. The molecule has 0 radical (unpaired) electrons. The van der Waals surface area contributed by atoms with Crippen LogP contribution in [-0.4, -0.2) is 28.3 Å². The summed E-state index contributed by atoms with van der Waals surface area (Å²) < 4.78 is 0. The molecule has 0 unspecified atom stereocenters. The summed E-state index contributed by atoms with van der Waals surface area (Å²) in [4.78, 5) is 28.6. The van der Waals surface area contributed by atoms with E-state index in [2.05, 4.69) is 5.32 Å². The zero-order chi connectivity index (χ0) is 20.4. The highest BCUT2D eigenvalue weighted by molar-refractivity contribution is 6.30. The Hall–Kier alpha value is -2.33. The van der Waals surface area contributed by atoms with Crippen LogP contribution in [0.1, 0.15) is 60.5 Å². The van der Waals surface area contributed by atoms with Crippen LogP contribution >= 0.6 is 11.6 Å². The van der Waals surface area contributed by atoms with Gasteiger partial charge in [-0.05, 0) is 49.1 Å². The first-order valence-corrected chi connectivity index (χ1v) is 10.8. The average Bonchev–Trinajstić information content (AvgIpc) is 2.73. The van der Waals surface area contributed by atoms with Gasteiger partial charge in [-0.25, -0.2) is 0 Å². The lowest BCUT2D eigenvalue weighted by molar-refractivity contribution is -0.133. The fourth-order valence-corrected chi connectivity index (χ4v) is 4.65. The van der Waals surface area contributed by atoms with Crippen molar-refractivity contribution in [1.29, 1.82) is 0 Å². The van der Waals surface area contributed by atoms with E-state index in [0.29, 0.717) is 23.6 Å². The van der Waals surface area contributed by atoms with Gasteiger partial charge < -0.3 is 10.2 Å². The molecule has 0 saturated heterocycles. The second-order valence-electron chi connectivity index (χ2n) is 8.43. The topological polar surface area (TPSA) is 49.4 Å². The van der Waals surface area contributed by atoms with Gasteiger partial charge in [0.05, 0.1) is 0 Å². The Balaban J connectivity index is 1.66. The van der Waals surface area contributed by atoms with E-state index in [1.54, 1.807) is 4.90 Å². The molecule has 0 aromatic heterocycles. The van der Waals surface area contributed by atoms with Crippen LogP contribution in [0.5, 0.6) is 0 Å². The van der Waals surface area contributed by atoms with Crippen LogP contribution in [0.4, 0.5) is 0 Å². The lowest BCUT2D eigenvalue weighted by atomic mass is 9.82. The summed E-state index contributed by atoms with van der Waals surface area (Å²) in [6, 6.07) is 15.3. The van der Waals surface area contributed by atoms with Gasteiger partial charge in [-0.3, -0.25) is 9.59 Å².